The molecule has 0 aliphatic carbocycles. The van der Waals surface area contributed by atoms with Crippen LogP contribution in [0.5, 0.6) is 11.5 Å². The van der Waals surface area contributed by atoms with Crippen molar-refractivity contribution in [3.8, 4) is 56.0 Å². The summed E-state index contributed by atoms with van der Waals surface area (Å²) >= 11 is 0. The van der Waals surface area contributed by atoms with E-state index in [4.69, 9.17) is 14.6 Å². The molecule has 6 aromatic rings. The molecule has 0 amide bonds. The van der Waals surface area contributed by atoms with Crippen molar-refractivity contribution in [2.24, 2.45) is 0 Å². The first kappa shape index (κ1) is 59.1. The van der Waals surface area contributed by atoms with Gasteiger partial charge in [-0.25, -0.2) is 0 Å². The van der Waals surface area contributed by atoms with Crippen molar-refractivity contribution >= 4 is 17.7 Å². The van der Waals surface area contributed by atoms with Gasteiger partial charge in [-0.2, -0.15) is 0 Å². The van der Waals surface area contributed by atoms with E-state index < -0.39 is 11.9 Å². The summed E-state index contributed by atoms with van der Waals surface area (Å²) in [4.78, 5) is 31.9. The SMILES string of the molecule is C=[C-]C(=O)OCc1ccc(-c2ccc(-c3ccc(OC(=O)[C-]=C)cc3)cc2)cc1.C=[C-]C(C)=O.CC.CC.OCc1ccc(-c2ccc(-c3ccc(O)cc3)cc2)cc1.[W].[W].[W]. The van der Waals surface area contributed by atoms with Crippen LogP contribution in [0.2, 0.25) is 0 Å². The Morgan fingerprint density at radius 2 is 0.742 bits per heavy atom. The zero-order valence-electron chi connectivity index (χ0n) is 35.6. The number of benzene rings is 6. The first-order valence-corrected chi connectivity index (χ1v) is 19.0. The number of hydrogen-bond acceptors (Lipinski definition) is 7. The normalized spacial score (nSPS) is 9.00. The van der Waals surface area contributed by atoms with E-state index in [1.54, 1.807) is 24.3 Å². The number of hydrogen-bond donors (Lipinski definition) is 2. The van der Waals surface area contributed by atoms with E-state index in [9.17, 15) is 19.5 Å². The predicted molar refractivity (Wildman–Crippen MR) is 238 cm³/mol. The molecule has 0 saturated heterocycles. The van der Waals surface area contributed by atoms with Crippen molar-refractivity contribution in [1.29, 1.82) is 0 Å². The molecule has 0 spiro atoms. The summed E-state index contributed by atoms with van der Waals surface area (Å²) in [6, 6.07) is 46.6. The number of aliphatic hydroxyl groups is 1. The van der Waals surface area contributed by atoms with Gasteiger partial charge in [-0.05, 0) is 92.6 Å². The summed E-state index contributed by atoms with van der Waals surface area (Å²) in [7, 11) is 0. The van der Waals surface area contributed by atoms with Crippen molar-refractivity contribution in [2.75, 3.05) is 0 Å². The molecule has 7 nitrogen and oxygen atoms in total. The van der Waals surface area contributed by atoms with Gasteiger partial charge in [0.15, 0.2) is 5.97 Å². The van der Waals surface area contributed by atoms with Crippen molar-refractivity contribution in [3.05, 3.63) is 195 Å². The second-order valence-corrected chi connectivity index (χ2v) is 11.8. The average molecular weight is 1340 g/mol. The minimum absolute atomic E-state index is 0. The fraction of sp³-hybridized carbons (Fsp3) is 0.135. The minimum Gasteiger partial charge on any atom is -0.508 e. The van der Waals surface area contributed by atoms with Gasteiger partial charge in [-0.1, -0.05) is 149 Å². The van der Waals surface area contributed by atoms with E-state index in [1.807, 2.05) is 125 Å². The van der Waals surface area contributed by atoms with Crippen LogP contribution in [-0.4, -0.2) is 27.9 Å². The van der Waals surface area contributed by atoms with Gasteiger partial charge in [0.1, 0.15) is 24.1 Å². The first-order valence-electron chi connectivity index (χ1n) is 19.0. The van der Waals surface area contributed by atoms with Gasteiger partial charge in [0.2, 0.25) is 0 Å². The molecule has 2 N–H and O–H groups in total. The summed E-state index contributed by atoms with van der Waals surface area (Å²) < 4.78 is 10.0. The van der Waals surface area contributed by atoms with E-state index in [2.05, 4.69) is 62.2 Å². The molecular weight excluding hydrogens is 1290 g/mol. The molecule has 6 aromatic carbocycles. The molecule has 0 unspecified atom stereocenters. The van der Waals surface area contributed by atoms with Crippen molar-refractivity contribution in [2.45, 2.75) is 47.8 Å². The van der Waals surface area contributed by atoms with Crippen LogP contribution >= 0.6 is 0 Å². The third-order valence-electron chi connectivity index (χ3n) is 8.03. The molecule has 6 rings (SSSR count). The van der Waals surface area contributed by atoms with Crippen LogP contribution in [0.3, 0.4) is 0 Å². The molecule has 10 heteroatoms. The van der Waals surface area contributed by atoms with E-state index in [0.717, 1.165) is 55.6 Å². The van der Waals surface area contributed by atoms with Crippen LogP contribution in [0.1, 0.15) is 45.7 Å². The number of rotatable bonds is 11. The molecule has 0 bridgehead atoms. The quantitative estimate of drug-likeness (QED) is 0.0575. The number of ether oxygens (including phenoxy) is 2. The third kappa shape index (κ3) is 20.7. The van der Waals surface area contributed by atoms with Crippen molar-refractivity contribution < 1.29 is 97.3 Å². The summed E-state index contributed by atoms with van der Waals surface area (Å²) in [6.07, 6.45) is 6.47. The van der Waals surface area contributed by atoms with Crippen LogP contribution in [0, 0.1) is 18.2 Å². The Balaban J connectivity index is 0. The topological polar surface area (TPSA) is 110 Å². The average Bonchev–Trinajstić information content (AvgIpc) is 3.30. The van der Waals surface area contributed by atoms with Gasteiger partial charge in [-0.15, -0.1) is 0 Å². The minimum atomic E-state index is -0.606. The fourth-order valence-corrected chi connectivity index (χ4v) is 5.02. The molecule has 0 aliphatic rings. The second-order valence-electron chi connectivity index (χ2n) is 11.8. The van der Waals surface area contributed by atoms with E-state index in [1.165, 1.54) is 6.92 Å². The van der Waals surface area contributed by atoms with Gasteiger partial charge in [0.05, 0.1) is 6.61 Å². The van der Waals surface area contributed by atoms with Gasteiger partial charge in [0.25, 0.3) is 0 Å². The smallest absolute Gasteiger partial charge is 0.155 e. The van der Waals surface area contributed by atoms with E-state index >= 15 is 0 Å². The standard InChI is InChI=1S/C25H18O4.C19H16O2.C4H5O.2C2H6.3W/c1-3-24(26)28-17-18-5-7-19(8-6-18)20-9-11-21(12-10-20)22-13-15-23(16-14-22)29-25(27)4-2;20-13-14-1-3-15(4-2-14)16-5-7-17(8-6-16)18-9-11-19(21)12-10-18;1-3-4(2)5;2*1-2;;;/h5-16H,1-2,17H2;1-12,20-21H,13H2;1H2,2H3;2*1-2H3;;;/q-2;;-1;;;;;. The molecule has 0 fully saturated rings. The number of esters is 2. The zero-order chi connectivity index (χ0) is 43.6. The number of allylic oxidation sites excluding steroid dienone is 1. The number of aliphatic hydroxyl groups excluding tert-OH is 1. The molecular formula is C52H51O7W3-3. The van der Waals surface area contributed by atoms with Gasteiger partial charge in [0, 0.05) is 63.2 Å². The summed E-state index contributed by atoms with van der Waals surface area (Å²) in [5.41, 5.74) is 10.5. The molecule has 0 aromatic heterocycles. The summed E-state index contributed by atoms with van der Waals surface area (Å²) in [6.45, 7) is 19.3. The molecule has 0 aliphatic heterocycles. The number of carbonyl (C=O) groups excluding carboxylic acids is 3. The zero-order valence-corrected chi connectivity index (χ0v) is 44.4. The van der Waals surface area contributed by atoms with Crippen molar-refractivity contribution in [1.82, 2.24) is 0 Å². The molecule has 322 valence electrons. The number of phenolic OH excluding ortho intramolecular Hbond substituents is 1. The third-order valence-corrected chi connectivity index (χ3v) is 8.03. The first-order chi connectivity index (χ1) is 28.6. The maximum Gasteiger partial charge on any atom is 0.155 e. The number of phenols is 1. The van der Waals surface area contributed by atoms with E-state index in [-0.39, 0.29) is 87.9 Å². The van der Waals surface area contributed by atoms with E-state index in [0.29, 0.717) is 5.75 Å². The number of Topliss-reactive ketones (excluding diaryl/α,β-unsaturated/α-hetero) is 1. The summed E-state index contributed by atoms with van der Waals surface area (Å²) in [5.74, 6) is -0.548. The Labute approximate surface area is 410 Å². The number of carbonyl (C=O) groups is 3. The van der Waals surface area contributed by atoms with Crippen molar-refractivity contribution in [3.63, 3.8) is 0 Å². The molecule has 0 atom stereocenters. The maximum atomic E-state index is 11.2. The Hall–Kier alpha value is -5.03. The molecule has 0 radical (unpaired) electrons. The van der Waals surface area contributed by atoms with Crippen LogP contribution in [-0.2, 0) is 95.5 Å². The van der Waals surface area contributed by atoms with Gasteiger partial charge in [-0.3, -0.25) is 29.3 Å². The Bertz CT molecular complexity index is 2200. The largest absolute Gasteiger partial charge is 0.508 e. The maximum absolute atomic E-state index is 11.2. The number of aromatic hydroxyl groups is 1. The van der Waals surface area contributed by atoms with Crippen LogP contribution in [0.4, 0.5) is 0 Å². The Kier molecular flexibility index (Phi) is 32.0. The number of ketones is 1. The van der Waals surface area contributed by atoms with Crippen LogP contribution < -0.4 is 4.74 Å². The fourth-order valence-electron chi connectivity index (χ4n) is 5.02. The van der Waals surface area contributed by atoms with Gasteiger partial charge >= 0.3 is 0 Å². The Morgan fingerprint density at radius 1 is 0.468 bits per heavy atom. The molecule has 0 saturated carbocycles. The summed E-state index contributed by atoms with van der Waals surface area (Å²) in [5, 5.41) is 18.4. The van der Waals surface area contributed by atoms with Crippen LogP contribution in [0.25, 0.3) is 44.5 Å². The predicted octanol–water partition coefficient (Wildman–Crippen LogP) is 11.8. The van der Waals surface area contributed by atoms with Gasteiger partial charge < -0.3 is 42.7 Å². The molecule has 0 heterocycles. The van der Waals surface area contributed by atoms with Crippen LogP contribution in [0.15, 0.2) is 165 Å². The Morgan fingerprint density at radius 3 is 1.03 bits per heavy atom. The molecule has 62 heavy (non-hydrogen) atoms. The monoisotopic (exact) mass is 1340 g/mol. The second kappa shape index (κ2) is 33.6.